The van der Waals surface area contributed by atoms with Crippen LogP contribution >= 0.6 is 0 Å². The van der Waals surface area contributed by atoms with E-state index >= 15 is 0 Å². The van der Waals surface area contributed by atoms with Crippen LogP contribution in [0.4, 0.5) is 0 Å². The zero-order chi connectivity index (χ0) is 24.6. The first-order valence-electron chi connectivity index (χ1n) is 16.3. The highest BCUT2D eigenvalue weighted by atomic mass is 14.9. The summed E-state index contributed by atoms with van der Waals surface area (Å²) in [5.41, 5.74) is 0. The first-order valence-corrected chi connectivity index (χ1v) is 16.3. The van der Waals surface area contributed by atoms with Gasteiger partial charge in [0.25, 0.3) is 0 Å². The van der Waals surface area contributed by atoms with Gasteiger partial charge >= 0.3 is 0 Å². The zero-order valence-corrected chi connectivity index (χ0v) is 24.2. The van der Waals surface area contributed by atoms with E-state index in [9.17, 15) is 0 Å². The molecule has 0 aliphatic rings. The minimum Gasteiger partial charge on any atom is -0.317 e. The van der Waals surface area contributed by atoms with Gasteiger partial charge in [-0.25, -0.2) is 0 Å². The molecule has 206 valence electrons. The monoisotopic (exact) mass is 481 g/mol. The lowest BCUT2D eigenvalue weighted by molar-refractivity contribution is 0.521. The van der Waals surface area contributed by atoms with Crippen molar-refractivity contribution in [3.63, 3.8) is 0 Å². The Morgan fingerprint density at radius 1 is 0.235 bits per heavy atom. The summed E-state index contributed by atoms with van der Waals surface area (Å²) in [6, 6.07) is 0. The van der Waals surface area contributed by atoms with Crippen molar-refractivity contribution in [2.24, 2.45) is 0 Å². The summed E-state index contributed by atoms with van der Waals surface area (Å²) in [5, 5.41) is 7.29. The Morgan fingerprint density at radius 3 is 0.647 bits per heavy atom. The van der Waals surface area contributed by atoms with E-state index in [0.717, 1.165) is 0 Å². The third kappa shape index (κ3) is 31.9. The second-order valence-electron chi connectivity index (χ2n) is 11.0. The van der Waals surface area contributed by atoms with Gasteiger partial charge in [-0.1, -0.05) is 155 Å². The average Bonchev–Trinajstić information content (AvgIpc) is 2.85. The van der Waals surface area contributed by atoms with E-state index in [1.54, 1.807) is 0 Å². The van der Waals surface area contributed by atoms with Crippen LogP contribution in [-0.4, -0.2) is 26.2 Å². The Balaban J connectivity index is 2.99. The lowest BCUT2D eigenvalue weighted by Gasteiger charge is -2.07. The molecule has 0 aromatic carbocycles. The fourth-order valence-electron chi connectivity index (χ4n) is 4.93. The molecule has 0 saturated carbocycles. The molecular weight excluding hydrogens is 412 g/mol. The standard InChI is InChI=1S/C32H68N2/c1-3-5-7-9-11-13-15-17-19-21-23-25-29-33-31-27-28-32-34-30-26-24-22-20-18-16-14-12-10-8-6-4-2/h33-34H,3-32H2,1-2H3. The van der Waals surface area contributed by atoms with E-state index in [1.165, 1.54) is 193 Å². The molecule has 0 spiro atoms. The van der Waals surface area contributed by atoms with Crippen molar-refractivity contribution >= 4 is 0 Å². The van der Waals surface area contributed by atoms with Crippen LogP contribution in [0.2, 0.25) is 0 Å². The molecule has 0 aromatic rings. The van der Waals surface area contributed by atoms with Crippen LogP contribution in [0.1, 0.15) is 181 Å². The number of rotatable bonds is 31. The molecular formula is C32H68N2. The molecule has 0 heterocycles. The smallest absolute Gasteiger partial charge is 0.00484 e. The van der Waals surface area contributed by atoms with Gasteiger partial charge in [-0.15, -0.1) is 0 Å². The van der Waals surface area contributed by atoms with Crippen molar-refractivity contribution in [1.29, 1.82) is 0 Å². The zero-order valence-electron chi connectivity index (χ0n) is 24.2. The molecule has 0 atom stereocenters. The van der Waals surface area contributed by atoms with Gasteiger partial charge in [0.2, 0.25) is 0 Å². The summed E-state index contributed by atoms with van der Waals surface area (Å²) in [4.78, 5) is 0. The first kappa shape index (κ1) is 33.9. The number of nitrogens with one attached hydrogen (secondary N) is 2. The Bertz CT molecular complexity index is 299. The first-order chi connectivity index (χ1) is 16.9. The van der Waals surface area contributed by atoms with Crippen LogP contribution in [0, 0.1) is 0 Å². The van der Waals surface area contributed by atoms with Crippen molar-refractivity contribution in [2.75, 3.05) is 26.2 Å². The SMILES string of the molecule is CCCCCCCCCCCCCCNCCCCNCCCCCCCCCCCCCC. The molecule has 0 bridgehead atoms. The van der Waals surface area contributed by atoms with Crippen LogP contribution in [0.5, 0.6) is 0 Å². The summed E-state index contributed by atoms with van der Waals surface area (Å²) >= 11 is 0. The van der Waals surface area contributed by atoms with Gasteiger partial charge in [0.15, 0.2) is 0 Å². The molecule has 2 heteroatoms. The Morgan fingerprint density at radius 2 is 0.412 bits per heavy atom. The van der Waals surface area contributed by atoms with E-state index < -0.39 is 0 Å². The molecule has 0 rings (SSSR count). The van der Waals surface area contributed by atoms with Crippen LogP contribution in [0.15, 0.2) is 0 Å². The second-order valence-corrected chi connectivity index (χ2v) is 11.0. The quantitative estimate of drug-likeness (QED) is 0.0964. The van der Waals surface area contributed by atoms with Crippen molar-refractivity contribution in [1.82, 2.24) is 10.6 Å². The predicted octanol–water partition coefficient (Wildman–Crippen LogP) is 10.3. The molecule has 0 amide bonds. The van der Waals surface area contributed by atoms with E-state index in [2.05, 4.69) is 24.5 Å². The lowest BCUT2D eigenvalue weighted by atomic mass is 10.1. The maximum absolute atomic E-state index is 3.65. The van der Waals surface area contributed by atoms with Gasteiger partial charge in [0, 0.05) is 0 Å². The van der Waals surface area contributed by atoms with Crippen molar-refractivity contribution in [3.05, 3.63) is 0 Å². The van der Waals surface area contributed by atoms with Gasteiger partial charge in [-0.05, 0) is 51.9 Å². The fraction of sp³-hybridized carbons (Fsp3) is 1.00. The molecule has 2 nitrogen and oxygen atoms in total. The van der Waals surface area contributed by atoms with Gasteiger partial charge in [-0.3, -0.25) is 0 Å². The largest absolute Gasteiger partial charge is 0.317 e. The molecule has 2 N–H and O–H groups in total. The molecule has 0 unspecified atom stereocenters. The number of hydrogen-bond acceptors (Lipinski definition) is 2. The van der Waals surface area contributed by atoms with Crippen molar-refractivity contribution in [3.8, 4) is 0 Å². The molecule has 34 heavy (non-hydrogen) atoms. The minimum atomic E-state index is 1.21. The van der Waals surface area contributed by atoms with Crippen LogP contribution < -0.4 is 10.6 Å². The summed E-state index contributed by atoms with van der Waals surface area (Å²) in [7, 11) is 0. The highest BCUT2D eigenvalue weighted by molar-refractivity contribution is 4.55. The van der Waals surface area contributed by atoms with Crippen LogP contribution in [0.25, 0.3) is 0 Å². The molecule has 0 aliphatic heterocycles. The molecule has 0 aromatic heterocycles. The molecule has 0 aliphatic carbocycles. The maximum Gasteiger partial charge on any atom is -0.00484 e. The van der Waals surface area contributed by atoms with Gasteiger partial charge in [0.05, 0.1) is 0 Å². The van der Waals surface area contributed by atoms with Gasteiger partial charge in [-0.2, -0.15) is 0 Å². The number of hydrogen-bond donors (Lipinski definition) is 2. The highest BCUT2D eigenvalue weighted by Gasteiger charge is 1.96. The maximum atomic E-state index is 3.65. The minimum absolute atomic E-state index is 1.21. The lowest BCUT2D eigenvalue weighted by Crippen LogP contribution is -2.20. The molecule has 0 fully saturated rings. The highest BCUT2D eigenvalue weighted by Crippen LogP contribution is 2.12. The third-order valence-electron chi connectivity index (χ3n) is 7.37. The summed E-state index contributed by atoms with van der Waals surface area (Å²) < 4.78 is 0. The van der Waals surface area contributed by atoms with E-state index in [4.69, 9.17) is 0 Å². The summed E-state index contributed by atoms with van der Waals surface area (Å²) in [6.45, 7) is 9.47. The molecule has 0 saturated heterocycles. The normalized spacial score (nSPS) is 11.5. The van der Waals surface area contributed by atoms with Crippen LogP contribution in [-0.2, 0) is 0 Å². The topological polar surface area (TPSA) is 24.1 Å². The van der Waals surface area contributed by atoms with E-state index in [0.29, 0.717) is 0 Å². The summed E-state index contributed by atoms with van der Waals surface area (Å²) in [6.07, 6.45) is 37.2. The Hall–Kier alpha value is -0.0800. The van der Waals surface area contributed by atoms with E-state index in [-0.39, 0.29) is 0 Å². The van der Waals surface area contributed by atoms with Gasteiger partial charge < -0.3 is 10.6 Å². The summed E-state index contributed by atoms with van der Waals surface area (Å²) in [5.74, 6) is 0. The predicted molar refractivity (Wildman–Crippen MR) is 157 cm³/mol. The third-order valence-corrected chi connectivity index (χ3v) is 7.37. The molecule has 0 radical (unpaired) electrons. The Kier molecular flexibility index (Phi) is 32.8. The second kappa shape index (κ2) is 32.9. The average molecular weight is 481 g/mol. The van der Waals surface area contributed by atoms with Crippen LogP contribution in [0.3, 0.4) is 0 Å². The van der Waals surface area contributed by atoms with Gasteiger partial charge in [0.1, 0.15) is 0 Å². The van der Waals surface area contributed by atoms with Crippen molar-refractivity contribution < 1.29 is 0 Å². The van der Waals surface area contributed by atoms with E-state index in [1.807, 2.05) is 0 Å². The Labute approximate surface area is 217 Å². The number of unbranched alkanes of at least 4 members (excludes halogenated alkanes) is 23. The van der Waals surface area contributed by atoms with Crippen molar-refractivity contribution in [2.45, 2.75) is 181 Å². The fourth-order valence-corrected chi connectivity index (χ4v) is 4.93.